The van der Waals surface area contributed by atoms with Crippen LogP contribution < -0.4 is 20.8 Å². The summed E-state index contributed by atoms with van der Waals surface area (Å²) >= 11 is 0. The van der Waals surface area contributed by atoms with Crippen molar-refractivity contribution in [1.29, 1.82) is 0 Å². The van der Waals surface area contributed by atoms with Gasteiger partial charge in [0.05, 0.1) is 16.7 Å². The van der Waals surface area contributed by atoms with Crippen molar-refractivity contribution >= 4 is 34.9 Å². The van der Waals surface area contributed by atoms with Gasteiger partial charge in [-0.15, -0.1) is 0 Å². The molecule has 34 heavy (non-hydrogen) atoms. The first-order valence-electron chi connectivity index (χ1n) is 12.5. The molecule has 1 aromatic carbocycles. The second-order valence-corrected chi connectivity index (χ2v) is 9.75. The normalized spacial score (nSPS) is 21.9. The number of aromatic nitrogens is 1. The number of rotatable bonds is 3. The van der Waals surface area contributed by atoms with Gasteiger partial charge in [0.25, 0.3) is 11.8 Å². The molecule has 0 radical (unpaired) electrons. The molecule has 1 saturated carbocycles. The van der Waals surface area contributed by atoms with E-state index in [1.807, 2.05) is 24.3 Å². The van der Waals surface area contributed by atoms with Crippen molar-refractivity contribution in [1.82, 2.24) is 9.88 Å². The Hall–Kier alpha value is -3.41. The fourth-order valence-electron chi connectivity index (χ4n) is 5.97. The molecular formula is C28H30N4O2. The van der Waals surface area contributed by atoms with Gasteiger partial charge in [0, 0.05) is 25.1 Å². The van der Waals surface area contributed by atoms with Crippen molar-refractivity contribution in [3.8, 4) is 0 Å². The lowest BCUT2D eigenvalue weighted by Gasteiger charge is -2.25. The summed E-state index contributed by atoms with van der Waals surface area (Å²) in [6.07, 6.45) is 13.3. The number of carbonyl (C=O) groups is 2. The second-order valence-electron chi connectivity index (χ2n) is 9.75. The molecule has 0 saturated heterocycles. The van der Waals surface area contributed by atoms with Gasteiger partial charge in [-0.2, -0.15) is 0 Å². The quantitative estimate of drug-likeness (QED) is 0.775. The van der Waals surface area contributed by atoms with E-state index in [0.29, 0.717) is 18.2 Å². The molecule has 0 bridgehead atoms. The maximum atomic E-state index is 13.5. The Morgan fingerprint density at radius 2 is 1.97 bits per heavy atom. The monoisotopic (exact) mass is 454 g/mol. The lowest BCUT2D eigenvalue weighted by Crippen LogP contribution is -2.47. The minimum Gasteiger partial charge on any atom is -0.332 e. The van der Waals surface area contributed by atoms with Gasteiger partial charge in [0.15, 0.2) is 0 Å². The zero-order valence-electron chi connectivity index (χ0n) is 19.6. The summed E-state index contributed by atoms with van der Waals surface area (Å²) in [5, 5.41) is 5.25. The van der Waals surface area contributed by atoms with E-state index in [1.54, 1.807) is 11.9 Å². The lowest BCUT2D eigenvalue weighted by molar-refractivity contribution is -0.119. The number of fused-ring (bicyclic) bond motifs is 1. The molecule has 2 aliphatic heterocycles. The summed E-state index contributed by atoms with van der Waals surface area (Å²) in [4.78, 5) is 33.6. The van der Waals surface area contributed by atoms with Gasteiger partial charge in [-0.1, -0.05) is 55.7 Å². The molecule has 1 unspecified atom stereocenters. The van der Waals surface area contributed by atoms with Crippen LogP contribution in [0, 0.1) is 5.92 Å². The SMILES string of the molecule is CN1C(=O)C(NC(=O)c2cc3c4n2CC=CC=4CCC=3)N=C(C2CCCCC2)c2ccccc21. The standard InChI is InChI=1S/C28H30N4O2/c1-31-22-15-6-5-14-21(22)24(18-9-3-2-4-10-18)29-26(28(31)34)30-27(33)23-17-20-12-7-11-19-13-8-16-32(23)25(19)20/h5-6,8,12-15,17-18,26H,2-4,7,9-11,16H2,1H3,(H,30,33). The number of carbonyl (C=O) groups excluding carboxylic acids is 2. The fourth-order valence-corrected chi connectivity index (χ4v) is 5.97. The first-order chi connectivity index (χ1) is 16.6. The largest absolute Gasteiger partial charge is 0.332 e. The highest BCUT2D eigenvalue weighted by atomic mass is 16.2. The zero-order valence-corrected chi connectivity index (χ0v) is 19.6. The third-order valence-electron chi connectivity index (χ3n) is 7.68. The van der Waals surface area contributed by atoms with Gasteiger partial charge in [-0.3, -0.25) is 14.6 Å². The predicted molar refractivity (Wildman–Crippen MR) is 134 cm³/mol. The number of likely N-dealkylation sites (N-methyl/N-ethyl adjacent to an activating group) is 1. The van der Waals surface area contributed by atoms with Crippen LogP contribution in [-0.2, 0) is 11.3 Å². The number of hydrogen-bond donors (Lipinski definition) is 1. The number of aliphatic imine (C=N–C) groups is 1. The topological polar surface area (TPSA) is 66.7 Å². The van der Waals surface area contributed by atoms with E-state index < -0.39 is 6.17 Å². The van der Waals surface area contributed by atoms with Crippen LogP contribution in [0.15, 0.2) is 47.5 Å². The van der Waals surface area contributed by atoms with Gasteiger partial charge < -0.3 is 14.8 Å². The Balaban J connectivity index is 1.39. The predicted octanol–water partition coefficient (Wildman–Crippen LogP) is 2.88. The van der Waals surface area contributed by atoms with Gasteiger partial charge >= 0.3 is 0 Å². The number of nitrogens with one attached hydrogen (secondary N) is 1. The molecular weight excluding hydrogens is 424 g/mol. The number of para-hydroxylation sites is 1. The molecule has 1 atom stereocenters. The van der Waals surface area contributed by atoms with Crippen molar-refractivity contribution in [2.45, 2.75) is 57.7 Å². The van der Waals surface area contributed by atoms with Gasteiger partial charge in [-0.05, 0) is 48.6 Å². The number of anilines is 1. The molecule has 6 nitrogen and oxygen atoms in total. The molecule has 0 spiro atoms. The maximum Gasteiger partial charge on any atom is 0.272 e. The molecule has 1 aromatic heterocycles. The first kappa shape index (κ1) is 21.1. The molecule has 1 fully saturated rings. The van der Waals surface area contributed by atoms with Crippen molar-refractivity contribution in [3.63, 3.8) is 0 Å². The number of benzene rings is 1. The molecule has 1 N–H and O–H groups in total. The first-order valence-corrected chi connectivity index (χ1v) is 12.5. The highest BCUT2D eigenvalue weighted by Gasteiger charge is 2.34. The number of nitrogens with zero attached hydrogens (tertiary/aromatic N) is 3. The number of allylic oxidation sites excluding steroid dienone is 2. The van der Waals surface area contributed by atoms with E-state index in [1.165, 1.54) is 24.8 Å². The second kappa shape index (κ2) is 8.42. The van der Waals surface area contributed by atoms with E-state index in [9.17, 15) is 9.59 Å². The minimum absolute atomic E-state index is 0.208. The van der Waals surface area contributed by atoms with Crippen molar-refractivity contribution in [2.24, 2.45) is 10.9 Å². The van der Waals surface area contributed by atoms with Gasteiger partial charge in [0.1, 0.15) is 5.69 Å². The highest BCUT2D eigenvalue weighted by Crippen LogP contribution is 2.33. The van der Waals surface area contributed by atoms with Crippen LogP contribution in [-0.4, -0.2) is 35.3 Å². The Morgan fingerprint density at radius 1 is 1.15 bits per heavy atom. The van der Waals surface area contributed by atoms with Crippen molar-refractivity contribution in [2.75, 3.05) is 11.9 Å². The summed E-state index contributed by atoms with van der Waals surface area (Å²) < 4.78 is 2.07. The summed E-state index contributed by atoms with van der Waals surface area (Å²) in [6, 6.07) is 9.95. The number of hydrogen-bond acceptors (Lipinski definition) is 3. The Labute approximate surface area is 199 Å². The average molecular weight is 455 g/mol. The van der Waals surface area contributed by atoms with E-state index >= 15 is 0 Å². The van der Waals surface area contributed by atoms with Gasteiger partial charge in [0.2, 0.25) is 6.17 Å². The van der Waals surface area contributed by atoms with Gasteiger partial charge in [-0.25, -0.2) is 0 Å². The van der Waals surface area contributed by atoms with E-state index in [4.69, 9.17) is 4.99 Å². The van der Waals surface area contributed by atoms with Crippen molar-refractivity contribution in [3.05, 3.63) is 64.3 Å². The van der Waals surface area contributed by atoms with Crippen LogP contribution >= 0.6 is 0 Å². The van der Waals surface area contributed by atoms with Crippen LogP contribution in [0.2, 0.25) is 0 Å². The van der Waals surface area contributed by atoms with Crippen molar-refractivity contribution < 1.29 is 9.59 Å². The van der Waals surface area contributed by atoms with Crippen LogP contribution in [0.4, 0.5) is 5.69 Å². The summed E-state index contributed by atoms with van der Waals surface area (Å²) in [5.41, 5.74) is 4.70. The molecule has 174 valence electrons. The number of benzodiazepines with no additional fused rings is 1. The van der Waals surface area contributed by atoms with E-state index in [2.05, 4.69) is 34.2 Å². The minimum atomic E-state index is -0.937. The van der Waals surface area contributed by atoms with Crippen LogP contribution in [0.5, 0.6) is 0 Å². The van der Waals surface area contributed by atoms with E-state index in [-0.39, 0.29) is 11.8 Å². The average Bonchev–Trinajstić information content (AvgIpc) is 3.22. The third kappa shape index (κ3) is 3.44. The summed E-state index contributed by atoms with van der Waals surface area (Å²) in [7, 11) is 1.78. The summed E-state index contributed by atoms with van der Waals surface area (Å²) in [6.45, 7) is 0.663. The Morgan fingerprint density at radius 3 is 2.82 bits per heavy atom. The zero-order chi connectivity index (χ0) is 23.2. The molecule has 3 heterocycles. The molecule has 4 aliphatic rings. The fraction of sp³-hybridized carbons (Fsp3) is 0.393. The lowest BCUT2D eigenvalue weighted by atomic mass is 9.83. The Kier molecular flexibility index (Phi) is 5.24. The van der Waals surface area contributed by atoms with E-state index in [0.717, 1.165) is 53.2 Å². The summed E-state index contributed by atoms with van der Waals surface area (Å²) in [5.74, 6) is -0.144. The van der Waals surface area contributed by atoms with Crippen LogP contribution in [0.25, 0.3) is 11.6 Å². The molecule has 2 aromatic rings. The molecule has 6 rings (SSSR count). The van der Waals surface area contributed by atoms with Crippen LogP contribution in [0.1, 0.15) is 61.0 Å². The van der Waals surface area contributed by atoms with Crippen LogP contribution in [0.3, 0.4) is 0 Å². The number of amides is 2. The third-order valence-corrected chi connectivity index (χ3v) is 7.68. The smallest absolute Gasteiger partial charge is 0.272 e. The highest BCUT2D eigenvalue weighted by molar-refractivity contribution is 6.14. The Bertz CT molecular complexity index is 1360. The molecule has 6 heteroatoms. The maximum absolute atomic E-state index is 13.5. The molecule has 2 aliphatic carbocycles. The molecule has 2 amide bonds.